The maximum absolute atomic E-state index is 11.7. The summed E-state index contributed by atoms with van der Waals surface area (Å²) in [4.78, 5) is 25.5. The topological polar surface area (TPSA) is 80.9 Å². The summed E-state index contributed by atoms with van der Waals surface area (Å²) >= 11 is 0. The lowest BCUT2D eigenvalue weighted by Crippen LogP contribution is -2.31. The van der Waals surface area contributed by atoms with E-state index in [0.29, 0.717) is 18.5 Å². The van der Waals surface area contributed by atoms with Crippen LogP contribution in [0, 0.1) is 0 Å². The van der Waals surface area contributed by atoms with Gasteiger partial charge in [-0.05, 0) is 37.0 Å². The third-order valence-electron chi connectivity index (χ3n) is 3.31. The number of anilines is 1. The normalized spacial score (nSPS) is 10.7. The molecule has 0 bridgehead atoms. The van der Waals surface area contributed by atoms with Crippen LogP contribution < -0.4 is 17.0 Å². The maximum Gasteiger partial charge on any atom is 0.328 e. The molecule has 0 aliphatic carbocycles. The van der Waals surface area contributed by atoms with E-state index in [4.69, 9.17) is 5.73 Å². The van der Waals surface area contributed by atoms with Gasteiger partial charge < -0.3 is 10.3 Å². The van der Waals surface area contributed by atoms with Gasteiger partial charge in [-0.25, -0.2) is 4.79 Å². The van der Waals surface area contributed by atoms with E-state index in [1.165, 1.54) is 5.56 Å². The fourth-order valence-electron chi connectivity index (χ4n) is 2.11. The van der Waals surface area contributed by atoms with Crippen LogP contribution in [0.5, 0.6) is 0 Å². The largest absolute Gasteiger partial charge is 0.399 e. The molecule has 0 unspecified atom stereocenters. The van der Waals surface area contributed by atoms with E-state index in [2.05, 4.69) is 4.98 Å². The van der Waals surface area contributed by atoms with Crippen molar-refractivity contribution in [2.75, 3.05) is 5.73 Å². The molecule has 0 fully saturated rings. The summed E-state index contributed by atoms with van der Waals surface area (Å²) in [5.41, 5.74) is 7.58. The van der Waals surface area contributed by atoms with Crippen LogP contribution in [-0.4, -0.2) is 9.55 Å². The molecule has 3 N–H and O–H groups in total. The number of H-pyrrole nitrogens is 1. The number of nitrogens with two attached hydrogens (primary N) is 1. The summed E-state index contributed by atoms with van der Waals surface area (Å²) in [6, 6.07) is 7.72. The average Bonchev–Trinajstić information content (AvgIpc) is 2.43. The highest BCUT2D eigenvalue weighted by molar-refractivity contribution is 5.39. The molecule has 0 atom stereocenters. The highest BCUT2D eigenvalue weighted by Gasteiger charge is 2.03. The van der Waals surface area contributed by atoms with Crippen molar-refractivity contribution in [3.8, 4) is 0 Å². The zero-order valence-electron chi connectivity index (χ0n) is 11.6. The van der Waals surface area contributed by atoms with Crippen molar-refractivity contribution in [3.63, 3.8) is 0 Å². The van der Waals surface area contributed by atoms with E-state index >= 15 is 0 Å². The Hall–Kier alpha value is -2.30. The van der Waals surface area contributed by atoms with Crippen LogP contribution in [0.2, 0.25) is 0 Å². The van der Waals surface area contributed by atoms with Crippen LogP contribution in [0.4, 0.5) is 5.69 Å². The van der Waals surface area contributed by atoms with Gasteiger partial charge in [0.15, 0.2) is 0 Å². The van der Waals surface area contributed by atoms with Gasteiger partial charge in [0.2, 0.25) is 0 Å². The second-order valence-corrected chi connectivity index (χ2v) is 4.81. The summed E-state index contributed by atoms with van der Waals surface area (Å²) in [5, 5.41) is 0. The quantitative estimate of drug-likeness (QED) is 0.806. The number of hydrogen-bond acceptors (Lipinski definition) is 3. The number of aryl methyl sites for hydroxylation is 3. The summed E-state index contributed by atoms with van der Waals surface area (Å²) < 4.78 is 1.57. The Bertz CT molecular complexity index is 684. The lowest BCUT2D eigenvalue weighted by Gasteiger charge is -2.07. The zero-order chi connectivity index (χ0) is 14.5. The lowest BCUT2D eigenvalue weighted by atomic mass is 10.1. The third kappa shape index (κ3) is 3.38. The van der Waals surface area contributed by atoms with Crippen molar-refractivity contribution >= 4 is 5.69 Å². The van der Waals surface area contributed by atoms with Crippen LogP contribution in [0.15, 0.2) is 40.1 Å². The minimum atomic E-state index is -0.343. The number of aromatic nitrogens is 2. The van der Waals surface area contributed by atoms with Crippen molar-refractivity contribution in [1.82, 2.24) is 9.55 Å². The summed E-state index contributed by atoms with van der Waals surface area (Å²) in [6.07, 6.45) is 3.98. The number of hydrogen-bond donors (Lipinski definition) is 2. The van der Waals surface area contributed by atoms with Gasteiger partial charge in [-0.15, -0.1) is 0 Å². The molecule has 5 nitrogen and oxygen atoms in total. The van der Waals surface area contributed by atoms with Crippen LogP contribution in [0.25, 0.3) is 0 Å². The first-order chi connectivity index (χ1) is 9.60. The summed E-state index contributed by atoms with van der Waals surface area (Å²) in [5.74, 6) is 0. The highest BCUT2D eigenvalue weighted by Crippen LogP contribution is 2.08. The highest BCUT2D eigenvalue weighted by atomic mass is 16.2. The molecule has 0 spiro atoms. The molecule has 0 saturated heterocycles. The molecule has 2 aromatic rings. The van der Waals surface area contributed by atoms with Crippen LogP contribution in [0.3, 0.4) is 0 Å². The number of nitrogen functional groups attached to an aromatic ring is 1. The van der Waals surface area contributed by atoms with Crippen LogP contribution in [-0.2, 0) is 19.4 Å². The molecule has 1 aromatic heterocycles. The third-order valence-corrected chi connectivity index (χ3v) is 3.31. The molecule has 106 valence electrons. The van der Waals surface area contributed by atoms with Crippen molar-refractivity contribution < 1.29 is 0 Å². The fraction of sp³-hybridized carbons (Fsp3) is 0.333. The number of aromatic amines is 1. The zero-order valence-corrected chi connectivity index (χ0v) is 11.6. The Morgan fingerprint density at radius 1 is 1.20 bits per heavy atom. The minimum Gasteiger partial charge on any atom is -0.399 e. The Balaban J connectivity index is 2.02. The van der Waals surface area contributed by atoms with Gasteiger partial charge in [0.05, 0.1) is 0 Å². The molecule has 0 saturated carbocycles. The molecule has 0 aliphatic heterocycles. The molecule has 1 heterocycles. The standard InChI is InChI=1S/C15H19N3O2/c1-2-12-10-18(15(20)17-14(12)19)9-3-4-11-5-7-13(16)8-6-11/h5-8,10H,2-4,9,16H2,1H3,(H,17,19,20). The van der Waals surface area contributed by atoms with Gasteiger partial charge in [-0.2, -0.15) is 0 Å². The van der Waals surface area contributed by atoms with Gasteiger partial charge in [0.25, 0.3) is 5.56 Å². The van der Waals surface area contributed by atoms with Crippen LogP contribution in [0.1, 0.15) is 24.5 Å². The molecule has 0 amide bonds. The van der Waals surface area contributed by atoms with Gasteiger partial charge in [-0.3, -0.25) is 9.78 Å². The molecule has 1 aromatic carbocycles. The predicted octanol–water partition coefficient (Wildman–Crippen LogP) is 1.31. The molecular weight excluding hydrogens is 254 g/mol. The van der Waals surface area contributed by atoms with E-state index in [9.17, 15) is 9.59 Å². The Kier molecular flexibility index (Phi) is 4.40. The SMILES string of the molecule is CCc1cn(CCCc2ccc(N)cc2)c(=O)[nH]c1=O. The average molecular weight is 273 g/mol. The van der Waals surface area contributed by atoms with E-state index < -0.39 is 0 Å². The van der Waals surface area contributed by atoms with E-state index in [1.54, 1.807) is 10.8 Å². The van der Waals surface area contributed by atoms with Crippen molar-refractivity contribution in [3.05, 3.63) is 62.4 Å². The Morgan fingerprint density at radius 3 is 2.55 bits per heavy atom. The number of nitrogens with one attached hydrogen (secondary N) is 1. The number of nitrogens with zero attached hydrogens (tertiary/aromatic N) is 1. The Labute approximate surface area is 117 Å². The first kappa shape index (κ1) is 14.1. The minimum absolute atomic E-state index is 0.285. The molecule has 2 rings (SSSR count). The smallest absolute Gasteiger partial charge is 0.328 e. The molecule has 0 aliphatic rings. The van der Waals surface area contributed by atoms with Gasteiger partial charge in [-0.1, -0.05) is 19.1 Å². The lowest BCUT2D eigenvalue weighted by molar-refractivity contribution is 0.599. The summed E-state index contributed by atoms with van der Waals surface area (Å²) in [7, 11) is 0. The fourth-order valence-corrected chi connectivity index (χ4v) is 2.11. The molecule has 20 heavy (non-hydrogen) atoms. The number of rotatable bonds is 5. The molecular formula is C15H19N3O2. The van der Waals surface area contributed by atoms with E-state index in [1.807, 2.05) is 31.2 Å². The predicted molar refractivity (Wildman–Crippen MR) is 79.9 cm³/mol. The van der Waals surface area contributed by atoms with E-state index in [0.717, 1.165) is 18.5 Å². The second kappa shape index (κ2) is 6.23. The van der Waals surface area contributed by atoms with Crippen LogP contribution >= 0.6 is 0 Å². The maximum atomic E-state index is 11.7. The van der Waals surface area contributed by atoms with Crippen molar-refractivity contribution in [2.45, 2.75) is 32.7 Å². The van der Waals surface area contributed by atoms with E-state index in [-0.39, 0.29) is 11.2 Å². The first-order valence-corrected chi connectivity index (χ1v) is 6.77. The van der Waals surface area contributed by atoms with Crippen molar-refractivity contribution in [2.24, 2.45) is 0 Å². The molecule has 0 radical (unpaired) electrons. The van der Waals surface area contributed by atoms with Crippen molar-refractivity contribution in [1.29, 1.82) is 0 Å². The first-order valence-electron chi connectivity index (χ1n) is 6.77. The second-order valence-electron chi connectivity index (χ2n) is 4.81. The Morgan fingerprint density at radius 2 is 1.90 bits per heavy atom. The number of benzene rings is 1. The summed E-state index contributed by atoms with van der Waals surface area (Å²) in [6.45, 7) is 2.49. The molecule has 5 heteroatoms. The monoisotopic (exact) mass is 273 g/mol. The van der Waals surface area contributed by atoms with Gasteiger partial charge in [0.1, 0.15) is 0 Å². The van der Waals surface area contributed by atoms with Gasteiger partial charge in [0, 0.05) is 24.0 Å². The van der Waals surface area contributed by atoms with Gasteiger partial charge >= 0.3 is 5.69 Å².